The highest BCUT2D eigenvalue weighted by Gasteiger charge is 2.25. The molecule has 10 nitrogen and oxygen atoms in total. The zero-order valence-corrected chi connectivity index (χ0v) is 62.6. The standard InChI is InChI=1S/C56H35N5.C50H31N5/c1-4-13-37(14-5-1)47-32-29-39-27-28-40-30-33-48(58-54(40)53(39)57-47)38-25-23-36(24-26-38)42-17-12-18-43(35-42)52-51-46(45-21-10-11-22-49(45)59-52)31-34-50-55(51)60-56(41-15-6-2-7-16-41)61(50)44-19-8-3-9-20-44;1-3-11-36(12-4-1)50-54-49-44(55(50)39-16-5-2-6-17-39)29-27-41-40-18-7-8-19-43(40)53-46(45(41)49)38-14-9-13-37(31-38)32-20-22-33(23-21-32)42-28-26-35-25-24-34-15-10-30-51-47(34)48(35)52-42/h1-35H;1-31H. The van der Waals surface area contributed by atoms with Crippen molar-refractivity contribution in [3.63, 3.8) is 0 Å². The van der Waals surface area contributed by atoms with Gasteiger partial charge in [0.15, 0.2) is 0 Å². The van der Waals surface area contributed by atoms with E-state index in [9.17, 15) is 0 Å². The summed E-state index contributed by atoms with van der Waals surface area (Å²) < 4.78 is 4.54. The Morgan fingerprint density at radius 3 is 0.957 bits per heavy atom. The number of rotatable bonds is 11. The fourth-order valence-corrected chi connectivity index (χ4v) is 16.8. The molecule has 23 rings (SSSR count). The Kier molecular flexibility index (Phi) is 16.3. The second-order valence-corrected chi connectivity index (χ2v) is 29.3. The quantitative estimate of drug-likeness (QED) is 0.118. The van der Waals surface area contributed by atoms with E-state index < -0.39 is 0 Å². The molecule has 0 atom stereocenters. The van der Waals surface area contributed by atoms with Crippen LogP contribution in [0.4, 0.5) is 0 Å². The van der Waals surface area contributed by atoms with E-state index >= 15 is 0 Å². The molecular weight excluding hydrogens is 1410 g/mol. The molecule has 540 valence electrons. The Balaban J connectivity index is 0.000000141. The van der Waals surface area contributed by atoms with E-state index in [1.54, 1.807) is 0 Å². The minimum atomic E-state index is 0.893. The molecule has 0 unspecified atom stereocenters. The molecule has 0 aliphatic heterocycles. The first-order valence-corrected chi connectivity index (χ1v) is 39.0. The second kappa shape index (κ2) is 28.2. The second-order valence-electron chi connectivity index (χ2n) is 29.3. The van der Waals surface area contributed by atoms with E-state index in [0.717, 1.165) is 222 Å². The Morgan fingerprint density at radius 1 is 0.190 bits per heavy atom. The fraction of sp³-hybridized carbons (Fsp3) is 0. The van der Waals surface area contributed by atoms with Gasteiger partial charge in [0.25, 0.3) is 0 Å². The molecule has 0 aliphatic rings. The SMILES string of the molecule is c1ccc(-c2ccc3ccc4ccc(-c5ccc(-c6cccc(-c7nc8ccccc8c8ccc9c(nc(-c%10ccccc%10)n9-c9ccccc9)c78)c6)cc5)nc4c3n2)cc1.c1ccc(-c2nc3c4c(-c5cccc(-c6ccc(-c7ccc8ccc9cccnc9c8n7)cc6)c5)nc5ccccc5c4ccc3n2-c2ccccc2)cc1. The molecule has 0 bridgehead atoms. The molecule has 15 aromatic carbocycles. The monoisotopic (exact) mass is 1480 g/mol. The topological polar surface area (TPSA) is 113 Å². The average Bonchev–Trinajstić information content (AvgIpc) is 1.52. The predicted octanol–water partition coefficient (Wildman–Crippen LogP) is 26.6. The zero-order valence-electron chi connectivity index (χ0n) is 62.6. The van der Waals surface area contributed by atoms with Crippen LogP contribution in [0.3, 0.4) is 0 Å². The van der Waals surface area contributed by atoms with Gasteiger partial charge in [-0.05, 0) is 118 Å². The van der Waals surface area contributed by atoms with Crippen LogP contribution in [-0.2, 0) is 0 Å². The molecule has 10 heteroatoms. The summed E-state index contributed by atoms with van der Waals surface area (Å²) in [5.74, 6) is 1.79. The Labute approximate surface area is 667 Å². The van der Waals surface area contributed by atoms with Gasteiger partial charge in [-0.3, -0.25) is 14.1 Å². The highest BCUT2D eigenvalue weighted by molar-refractivity contribution is 6.22. The fourth-order valence-electron chi connectivity index (χ4n) is 16.8. The van der Waals surface area contributed by atoms with Gasteiger partial charge in [-0.1, -0.05) is 309 Å². The van der Waals surface area contributed by atoms with Crippen LogP contribution in [0.1, 0.15) is 0 Å². The van der Waals surface area contributed by atoms with Crippen molar-refractivity contribution >= 4 is 109 Å². The number of pyridine rings is 6. The van der Waals surface area contributed by atoms with E-state index in [-0.39, 0.29) is 0 Å². The molecule has 0 radical (unpaired) electrons. The lowest BCUT2D eigenvalue weighted by Gasteiger charge is -2.13. The van der Waals surface area contributed by atoms with Gasteiger partial charge in [-0.25, -0.2) is 34.9 Å². The molecule has 0 amide bonds. The normalized spacial score (nSPS) is 11.6. The molecule has 8 heterocycles. The lowest BCUT2D eigenvalue weighted by Crippen LogP contribution is -1.97. The van der Waals surface area contributed by atoms with E-state index in [4.69, 9.17) is 34.9 Å². The van der Waals surface area contributed by atoms with Crippen LogP contribution in [0.15, 0.2) is 401 Å². The van der Waals surface area contributed by atoms with Gasteiger partial charge in [0.1, 0.15) is 11.6 Å². The third-order valence-electron chi connectivity index (χ3n) is 22.4. The van der Waals surface area contributed by atoms with Crippen molar-refractivity contribution in [2.24, 2.45) is 0 Å². The number of aromatic nitrogens is 10. The molecule has 23 aromatic rings. The molecule has 0 saturated heterocycles. The number of hydrogen-bond donors (Lipinski definition) is 0. The number of hydrogen-bond acceptors (Lipinski definition) is 8. The van der Waals surface area contributed by atoms with Gasteiger partial charge in [-0.15, -0.1) is 0 Å². The molecule has 0 spiro atoms. The van der Waals surface area contributed by atoms with Crippen molar-refractivity contribution in [3.05, 3.63) is 401 Å². The van der Waals surface area contributed by atoms with Crippen LogP contribution in [0.2, 0.25) is 0 Å². The van der Waals surface area contributed by atoms with Crippen molar-refractivity contribution in [1.29, 1.82) is 0 Å². The molecule has 8 aromatic heterocycles. The molecule has 0 aliphatic carbocycles. The molecule has 0 N–H and O–H groups in total. The summed E-state index contributed by atoms with van der Waals surface area (Å²) in [7, 11) is 0. The maximum atomic E-state index is 5.47. The molecule has 0 fully saturated rings. The predicted molar refractivity (Wildman–Crippen MR) is 478 cm³/mol. The number of nitrogens with zero attached hydrogens (tertiary/aromatic N) is 10. The largest absolute Gasteiger partial charge is 0.292 e. The van der Waals surface area contributed by atoms with Gasteiger partial charge in [0, 0.05) is 99.6 Å². The minimum absolute atomic E-state index is 0.893. The zero-order chi connectivity index (χ0) is 76.6. The first-order chi connectivity index (χ1) is 57.5. The highest BCUT2D eigenvalue weighted by Crippen LogP contribution is 2.44. The lowest BCUT2D eigenvalue weighted by molar-refractivity contribution is 1.10. The summed E-state index contributed by atoms with van der Waals surface area (Å²) in [6.07, 6.45) is 1.83. The van der Waals surface area contributed by atoms with Gasteiger partial charge in [0.05, 0.1) is 83.6 Å². The van der Waals surface area contributed by atoms with Gasteiger partial charge >= 0.3 is 0 Å². The first kappa shape index (κ1) is 67.1. The number of para-hydroxylation sites is 4. The number of fused-ring (bicyclic) bond motifs is 16. The summed E-state index contributed by atoms with van der Waals surface area (Å²) in [6.45, 7) is 0. The molecule has 0 saturated carbocycles. The van der Waals surface area contributed by atoms with E-state index in [1.165, 1.54) is 0 Å². The van der Waals surface area contributed by atoms with Crippen LogP contribution in [0.5, 0.6) is 0 Å². The summed E-state index contributed by atoms with van der Waals surface area (Å²) >= 11 is 0. The van der Waals surface area contributed by atoms with Crippen LogP contribution in [-0.4, -0.2) is 49.0 Å². The van der Waals surface area contributed by atoms with Crippen LogP contribution < -0.4 is 0 Å². The third kappa shape index (κ3) is 11.8. The molecule has 116 heavy (non-hydrogen) atoms. The van der Waals surface area contributed by atoms with Crippen LogP contribution in [0, 0.1) is 0 Å². The van der Waals surface area contributed by atoms with Gasteiger partial charge < -0.3 is 0 Å². The number of benzene rings is 15. The Hall–Kier alpha value is -15.8. The van der Waals surface area contributed by atoms with Crippen molar-refractivity contribution in [2.45, 2.75) is 0 Å². The lowest BCUT2D eigenvalue weighted by atomic mass is 9.96. The summed E-state index contributed by atoms with van der Waals surface area (Å²) in [5.41, 5.74) is 28.0. The van der Waals surface area contributed by atoms with Crippen LogP contribution in [0.25, 0.3) is 222 Å². The number of imidazole rings is 2. The van der Waals surface area contributed by atoms with Crippen molar-refractivity contribution in [3.8, 4) is 113 Å². The molecular formula is C106H66N10. The van der Waals surface area contributed by atoms with Crippen LogP contribution >= 0.6 is 0 Å². The first-order valence-electron chi connectivity index (χ1n) is 39.0. The van der Waals surface area contributed by atoms with Crippen molar-refractivity contribution in [1.82, 2.24) is 49.0 Å². The maximum absolute atomic E-state index is 5.47. The van der Waals surface area contributed by atoms with E-state index in [0.29, 0.717) is 0 Å². The Bertz CT molecular complexity index is 7790. The summed E-state index contributed by atoms with van der Waals surface area (Å²) in [6, 6.07) is 138. The maximum Gasteiger partial charge on any atom is 0.145 e. The summed E-state index contributed by atoms with van der Waals surface area (Å²) in [4.78, 5) is 41.7. The smallest absolute Gasteiger partial charge is 0.145 e. The van der Waals surface area contributed by atoms with E-state index in [1.807, 2.05) is 42.6 Å². The minimum Gasteiger partial charge on any atom is -0.292 e. The van der Waals surface area contributed by atoms with Crippen molar-refractivity contribution in [2.75, 3.05) is 0 Å². The Morgan fingerprint density at radius 2 is 0.526 bits per heavy atom. The van der Waals surface area contributed by atoms with E-state index in [2.05, 4.69) is 372 Å². The highest BCUT2D eigenvalue weighted by atomic mass is 15.1. The summed E-state index contributed by atoms with van der Waals surface area (Å²) in [5, 5.41) is 10.9. The third-order valence-corrected chi connectivity index (χ3v) is 22.4. The van der Waals surface area contributed by atoms with Gasteiger partial charge in [0.2, 0.25) is 0 Å². The van der Waals surface area contributed by atoms with Gasteiger partial charge in [-0.2, -0.15) is 0 Å². The average molecular weight is 1480 g/mol. The van der Waals surface area contributed by atoms with Crippen molar-refractivity contribution < 1.29 is 0 Å².